The average molecular weight is 281 g/mol. The maximum Gasteiger partial charge on any atom is 0.328 e. The second-order valence-corrected chi connectivity index (χ2v) is 4.27. The number of rotatable bonds is 5. The van der Waals surface area contributed by atoms with Crippen molar-refractivity contribution >= 4 is 17.6 Å². The van der Waals surface area contributed by atoms with E-state index in [1.54, 1.807) is 18.3 Å². The molecule has 0 bridgehead atoms. The summed E-state index contributed by atoms with van der Waals surface area (Å²) in [5, 5.41) is 8.11. The van der Waals surface area contributed by atoms with Crippen LogP contribution in [-0.4, -0.2) is 21.0 Å². The van der Waals surface area contributed by atoms with Gasteiger partial charge in [0.15, 0.2) is 0 Å². The summed E-state index contributed by atoms with van der Waals surface area (Å²) < 4.78 is 6.50. The maximum atomic E-state index is 11.6. The molecule has 0 radical (unpaired) electrons. The number of benzene rings is 1. The summed E-state index contributed by atoms with van der Waals surface area (Å²) in [6, 6.07) is 7.20. The van der Waals surface area contributed by atoms with Gasteiger partial charge < -0.3 is 10.5 Å². The lowest BCUT2D eigenvalue weighted by molar-refractivity contribution is -0.145. The zero-order chi connectivity index (χ0) is 13.7. The molecule has 6 nitrogen and oxygen atoms in total. The Bertz CT molecular complexity index is 570. The van der Waals surface area contributed by atoms with Gasteiger partial charge in [0.05, 0.1) is 11.9 Å². The van der Waals surface area contributed by atoms with Crippen molar-refractivity contribution in [3.05, 3.63) is 46.7 Å². The SMILES string of the molecule is NCc1cn(CC(=O)OCc2ccccc2Cl)nn1. The van der Waals surface area contributed by atoms with Crippen LogP contribution in [0.15, 0.2) is 30.5 Å². The van der Waals surface area contributed by atoms with Crippen LogP contribution in [0.5, 0.6) is 0 Å². The van der Waals surface area contributed by atoms with Crippen molar-refractivity contribution in [3.8, 4) is 0 Å². The number of carbonyl (C=O) groups excluding carboxylic acids is 1. The number of ether oxygens (including phenoxy) is 1. The Labute approximate surface area is 115 Å². The number of hydrogen-bond acceptors (Lipinski definition) is 5. The molecule has 0 saturated carbocycles. The van der Waals surface area contributed by atoms with Crippen molar-refractivity contribution in [2.24, 2.45) is 5.73 Å². The van der Waals surface area contributed by atoms with Gasteiger partial charge in [-0.25, -0.2) is 4.68 Å². The number of hydrogen-bond donors (Lipinski definition) is 1. The van der Waals surface area contributed by atoms with Crippen LogP contribution in [0.4, 0.5) is 0 Å². The predicted octanol–water partition coefficient (Wildman–Crippen LogP) is 1.13. The third-order valence-electron chi connectivity index (χ3n) is 2.43. The number of nitrogens with zero attached hydrogens (tertiary/aromatic N) is 3. The van der Waals surface area contributed by atoms with Crippen LogP contribution in [0, 0.1) is 0 Å². The Kier molecular flexibility index (Phi) is 4.48. The molecule has 0 fully saturated rings. The largest absolute Gasteiger partial charge is 0.459 e. The first kappa shape index (κ1) is 13.5. The van der Waals surface area contributed by atoms with E-state index in [1.807, 2.05) is 12.1 Å². The third-order valence-corrected chi connectivity index (χ3v) is 2.80. The van der Waals surface area contributed by atoms with E-state index >= 15 is 0 Å². The van der Waals surface area contributed by atoms with E-state index in [0.29, 0.717) is 10.7 Å². The van der Waals surface area contributed by atoms with Crippen LogP contribution in [0.25, 0.3) is 0 Å². The molecule has 0 aliphatic rings. The van der Waals surface area contributed by atoms with E-state index in [1.165, 1.54) is 4.68 Å². The van der Waals surface area contributed by atoms with Gasteiger partial charge in [0.25, 0.3) is 0 Å². The molecule has 1 aromatic carbocycles. The normalized spacial score (nSPS) is 10.4. The molecule has 7 heteroatoms. The fourth-order valence-electron chi connectivity index (χ4n) is 1.46. The number of nitrogens with two attached hydrogens (primary N) is 1. The lowest BCUT2D eigenvalue weighted by atomic mass is 10.2. The predicted molar refractivity (Wildman–Crippen MR) is 69.2 cm³/mol. The minimum Gasteiger partial charge on any atom is -0.459 e. The van der Waals surface area contributed by atoms with Gasteiger partial charge in [-0.3, -0.25) is 4.79 Å². The topological polar surface area (TPSA) is 83.0 Å². The van der Waals surface area contributed by atoms with Crippen molar-refractivity contribution in [2.45, 2.75) is 19.7 Å². The fourth-order valence-corrected chi connectivity index (χ4v) is 1.65. The summed E-state index contributed by atoms with van der Waals surface area (Å²) in [6.07, 6.45) is 1.61. The van der Waals surface area contributed by atoms with Crippen molar-refractivity contribution < 1.29 is 9.53 Å². The Morgan fingerprint density at radius 3 is 2.89 bits per heavy atom. The third kappa shape index (κ3) is 3.77. The molecular formula is C12H13ClN4O2. The minimum absolute atomic E-state index is 0.00253. The quantitative estimate of drug-likeness (QED) is 0.830. The van der Waals surface area contributed by atoms with Crippen molar-refractivity contribution in [1.29, 1.82) is 0 Å². The van der Waals surface area contributed by atoms with Gasteiger partial charge in [-0.2, -0.15) is 0 Å². The first-order chi connectivity index (χ1) is 9.19. The summed E-state index contributed by atoms with van der Waals surface area (Å²) in [7, 11) is 0. The molecule has 0 atom stereocenters. The first-order valence-corrected chi connectivity index (χ1v) is 6.05. The monoisotopic (exact) mass is 280 g/mol. The lowest BCUT2D eigenvalue weighted by Crippen LogP contribution is -2.14. The Morgan fingerprint density at radius 1 is 1.42 bits per heavy atom. The standard InChI is InChI=1S/C12H13ClN4O2/c13-11-4-2-1-3-9(11)8-19-12(18)7-17-6-10(5-14)15-16-17/h1-4,6H,5,7-8,14H2. The highest BCUT2D eigenvalue weighted by Gasteiger charge is 2.08. The Morgan fingerprint density at radius 2 is 2.21 bits per heavy atom. The summed E-state index contributed by atoms with van der Waals surface area (Å²) in [6.45, 7) is 0.420. The molecule has 100 valence electrons. The van der Waals surface area contributed by atoms with E-state index in [9.17, 15) is 4.79 Å². The molecule has 0 amide bonds. The van der Waals surface area contributed by atoms with Crippen molar-refractivity contribution in [3.63, 3.8) is 0 Å². The van der Waals surface area contributed by atoms with E-state index in [2.05, 4.69) is 10.3 Å². The molecule has 19 heavy (non-hydrogen) atoms. The summed E-state index contributed by atoms with van der Waals surface area (Å²) >= 11 is 5.96. The summed E-state index contributed by atoms with van der Waals surface area (Å²) in [4.78, 5) is 11.6. The molecular weight excluding hydrogens is 268 g/mol. The number of esters is 1. The summed E-state index contributed by atoms with van der Waals surface area (Å²) in [5.41, 5.74) is 6.79. The number of carbonyl (C=O) groups is 1. The molecule has 0 spiro atoms. The van der Waals surface area contributed by atoms with Crippen LogP contribution in [-0.2, 0) is 29.2 Å². The van der Waals surface area contributed by atoms with Crippen LogP contribution < -0.4 is 5.73 Å². The van der Waals surface area contributed by atoms with E-state index in [-0.39, 0.29) is 19.7 Å². The Balaban J connectivity index is 1.86. The zero-order valence-corrected chi connectivity index (χ0v) is 10.9. The number of halogens is 1. The smallest absolute Gasteiger partial charge is 0.328 e. The van der Waals surface area contributed by atoms with Gasteiger partial charge in [0.1, 0.15) is 13.2 Å². The summed E-state index contributed by atoms with van der Waals surface area (Å²) in [5.74, 6) is -0.409. The Hall–Kier alpha value is -1.92. The highest BCUT2D eigenvalue weighted by Crippen LogP contribution is 2.15. The van der Waals surface area contributed by atoms with Crippen LogP contribution in [0.3, 0.4) is 0 Å². The highest BCUT2D eigenvalue weighted by atomic mass is 35.5. The van der Waals surface area contributed by atoms with Gasteiger partial charge in [-0.15, -0.1) is 5.10 Å². The zero-order valence-electron chi connectivity index (χ0n) is 10.1. The van der Waals surface area contributed by atoms with Gasteiger partial charge in [-0.1, -0.05) is 35.0 Å². The second-order valence-electron chi connectivity index (χ2n) is 3.86. The molecule has 0 aliphatic heterocycles. The van der Waals surface area contributed by atoms with E-state index < -0.39 is 5.97 Å². The van der Waals surface area contributed by atoms with Crippen LogP contribution in [0.2, 0.25) is 5.02 Å². The second kappa shape index (κ2) is 6.31. The van der Waals surface area contributed by atoms with Crippen molar-refractivity contribution in [2.75, 3.05) is 0 Å². The molecule has 2 rings (SSSR count). The molecule has 1 heterocycles. The first-order valence-electron chi connectivity index (χ1n) is 5.67. The minimum atomic E-state index is -0.409. The van der Waals surface area contributed by atoms with E-state index in [4.69, 9.17) is 22.1 Å². The molecule has 2 aromatic rings. The van der Waals surface area contributed by atoms with E-state index in [0.717, 1.165) is 5.56 Å². The lowest BCUT2D eigenvalue weighted by Gasteiger charge is -2.06. The molecule has 1 aromatic heterocycles. The van der Waals surface area contributed by atoms with Crippen LogP contribution >= 0.6 is 11.6 Å². The molecule has 0 saturated heterocycles. The molecule has 0 unspecified atom stereocenters. The highest BCUT2D eigenvalue weighted by molar-refractivity contribution is 6.31. The van der Waals surface area contributed by atoms with Crippen molar-refractivity contribution in [1.82, 2.24) is 15.0 Å². The van der Waals surface area contributed by atoms with Crippen LogP contribution in [0.1, 0.15) is 11.3 Å². The molecule has 2 N–H and O–H groups in total. The van der Waals surface area contributed by atoms with Gasteiger partial charge in [0.2, 0.25) is 0 Å². The van der Waals surface area contributed by atoms with Gasteiger partial charge >= 0.3 is 5.97 Å². The fraction of sp³-hybridized carbons (Fsp3) is 0.250. The number of aromatic nitrogens is 3. The average Bonchev–Trinajstić information content (AvgIpc) is 2.85. The maximum absolute atomic E-state index is 11.6. The molecule has 0 aliphatic carbocycles. The van der Waals surface area contributed by atoms with Gasteiger partial charge in [0, 0.05) is 17.1 Å². The van der Waals surface area contributed by atoms with Gasteiger partial charge in [-0.05, 0) is 6.07 Å².